The summed E-state index contributed by atoms with van der Waals surface area (Å²) in [6.07, 6.45) is 9.19. The van der Waals surface area contributed by atoms with E-state index in [1.54, 1.807) is 0 Å². The highest BCUT2D eigenvalue weighted by molar-refractivity contribution is 6.20. The fourth-order valence-corrected chi connectivity index (χ4v) is 3.01. The van der Waals surface area contributed by atoms with E-state index in [4.69, 9.17) is 11.6 Å². The van der Waals surface area contributed by atoms with Crippen molar-refractivity contribution in [2.24, 2.45) is 11.8 Å². The van der Waals surface area contributed by atoms with Crippen molar-refractivity contribution >= 4 is 11.6 Å². The summed E-state index contributed by atoms with van der Waals surface area (Å²) < 4.78 is 0. The van der Waals surface area contributed by atoms with Crippen LogP contribution in [0, 0.1) is 11.8 Å². The van der Waals surface area contributed by atoms with Crippen LogP contribution in [0.1, 0.15) is 58.8 Å². The number of rotatable bonds is 8. The Labute approximate surface area is 106 Å². The molecule has 1 fully saturated rings. The molecule has 3 atom stereocenters. The van der Waals surface area contributed by atoms with Gasteiger partial charge in [0.2, 0.25) is 0 Å². The van der Waals surface area contributed by atoms with E-state index in [0.29, 0.717) is 5.38 Å². The zero-order chi connectivity index (χ0) is 11.8. The Morgan fingerprint density at radius 2 is 2.12 bits per heavy atom. The second kappa shape index (κ2) is 8.36. The predicted molar refractivity (Wildman–Crippen MR) is 73.2 cm³/mol. The van der Waals surface area contributed by atoms with E-state index in [0.717, 1.165) is 11.8 Å². The van der Waals surface area contributed by atoms with Crippen LogP contribution in [0.15, 0.2) is 0 Å². The molecule has 1 rings (SSSR count). The Morgan fingerprint density at radius 1 is 1.31 bits per heavy atom. The van der Waals surface area contributed by atoms with Gasteiger partial charge in [-0.3, -0.25) is 0 Å². The molecule has 0 aromatic rings. The second-order valence-corrected chi connectivity index (χ2v) is 5.97. The van der Waals surface area contributed by atoms with E-state index in [2.05, 4.69) is 19.2 Å². The van der Waals surface area contributed by atoms with Gasteiger partial charge in [0, 0.05) is 5.38 Å². The normalized spacial score (nSPS) is 27.2. The van der Waals surface area contributed by atoms with E-state index < -0.39 is 0 Å². The molecule has 1 aliphatic carbocycles. The summed E-state index contributed by atoms with van der Waals surface area (Å²) in [5, 5.41) is 4.10. The van der Waals surface area contributed by atoms with Crippen LogP contribution >= 0.6 is 11.6 Å². The molecule has 2 heteroatoms. The molecule has 96 valence electrons. The van der Waals surface area contributed by atoms with Crippen LogP contribution in [0.3, 0.4) is 0 Å². The predicted octanol–water partition coefficient (Wildman–Crippen LogP) is 4.20. The summed E-state index contributed by atoms with van der Waals surface area (Å²) in [4.78, 5) is 0. The molecule has 0 spiro atoms. The maximum Gasteiger partial charge on any atom is 0.0339 e. The molecule has 1 aliphatic rings. The van der Waals surface area contributed by atoms with Crippen molar-refractivity contribution in [3.63, 3.8) is 0 Å². The van der Waals surface area contributed by atoms with Crippen molar-refractivity contribution in [2.45, 2.75) is 64.2 Å². The molecule has 0 aromatic heterocycles. The lowest BCUT2D eigenvalue weighted by atomic mass is 9.99. The number of halogens is 1. The fraction of sp³-hybridized carbons (Fsp3) is 1.00. The van der Waals surface area contributed by atoms with Gasteiger partial charge in [-0.1, -0.05) is 33.1 Å². The molecule has 0 radical (unpaired) electrons. The Morgan fingerprint density at radius 3 is 2.69 bits per heavy atom. The average Bonchev–Trinajstić information content (AvgIpc) is 2.69. The Balaban J connectivity index is 2.04. The Hall–Kier alpha value is 0.250. The van der Waals surface area contributed by atoms with Crippen LogP contribution in [0.4, 0.5) is 0 Å². The lowest BCUT2D eigenvalue weighted by Crippen LogP contribution is -2.27. The smallest absolute Gasteiger partial charge is 0.0339 e. The van der Waals surface area contributed by atoms with Gasteiger partial charge in [0.1, 0.15) is 0 Å². The first-order valence-corrected chi connectivity index (χ1v) is 7.54. The molecular formula is C14H28ClN. The number of hydrogen-bond donors (Lipinski definition) is 1. The van der Waals surface area contributed by atoms with Crippen molar-refractivity contribution in [1.82, 2.24) is 5.32 Å². The summed E-state index contributed by atoms with van der Waals surface area (Å²) in [6.45, 7) is 6.98. The third-order valence-electron chi connectivity index (χ3n) is 3.89. The van der Waals surface area contributed by atoms with Crippen LogP contribution in [-0.2, 0) is 0 Å². The molecule has 1 nitrogen and oxygen atoms in total. The standard InChI is InChI=1S/C14H28ClN/c1-3-5-6-12(4-2)10-16-11-13-7-8-14(15)9-13/h12-14,16H,3-11H2,1-2H3. The van der Waals surface area contributed by atoms with Gasteiger partial charge in [-0.05, 0) is 50.6 Å². The van der Waals surface area contributed by atoms with Gasteiger partial charge >= 0.3 is 0 Å². The monoisotopic (exact) mass is 245 g/mol. The number of unbranched alkanes of at least 4 members (excludes halogenated alkanes) is 1. The van der Waals surface area contributed by atoms with Crippen molar-refractivity contribution in [1.29, 1.82) is 0 Å². The summed E-state index contributed by atoms with van der Waals surface area (Å²) in [6, 6.07) is 0. The van der Waals surface area contributed by atoms with Gasteiger partial charge < -0.3 is 5.32 Å². The first-order chi connectivity index (χ1) is 7.76. The number of hydrogen-bond acceptors (Lipinski definition) is 1. The molecule has 0 bridgehead atoms. The summed E-state index contributed by atoms with van der Waals surface area (Å²) in [5.41, 5.74) is 0. The minimum absolute atomic E-state index is 0.453. The van der Waals surface area contributed by atoms with Gasteiger partial charge in [0.15, 0.2) is 0 Å². The van der Waals surface area contributed by atoms with Gasteiger partial charge in [-0.2, -0.15) is 0 Å². The van der Waals surface area contributed by atoms with Crippen LogP contribution in [0.25, 0.3) is 0 Å². The zero-order valence-corrected chi connectivity index (χ0v) is 11.7. The van der Waals surface area contributed by atoms with Crippen LogP contribution in [0.2, 0.25) is 0 Å². The second-order valence-electron chi connectivity index (χ2n) is 5.35. The van der Waals surface area contributed by atoms with E-state index in [9.17, 15) is 0 Å². The molecule has 0 aromatic carbocycles. The molecule has 0 saturated heterocycles. The quantitative estimate of drug-likeness (QED) is 0.632. The number of nitrogens with one attached hydrogen (secondary N) is 1. The SMILES string of the molecule is CCCCC(CC)CNCC1CCC(Cl)C1. The minimum Gasteiger partial charge on any atom is -0.316 e. The highest BCUT2D eigenvalue weighted by atomic mass is 35.5. The first-order valence-electron chi connectivity index (χ1n) is 7.11. The molecular weight excluding hydrogens is 218 g/mol. The fourth-order valence-electron chi connectivity index (χ4n) is 2.63. The Bertz CT molecular complexity index is 172. The van der Waals surface area contributed by atoms with Gasteiger partial charge in [0.05, 0.1) is 0 Å². The van der Waals surface area contributed by atoms with Crippen LogP contribution in [0.5, 0.6) is 0 Å². The van der Waals surface area contributed by atoms with Crippen molar-refractivity contribution in [2.75, 3.05) is 13.1 Å². The minimum atomic E-state index is 0.453. The number of alkyl halides is 1. The highest BCUT2D eigenvalue weighted by Gasteiger charge is 2.22. The van der Waals surface area contributed by atoms with E-state index >= 15 is 0 Å². The van der Waals surface area contributed by atoms with Crippen molar-refractivity contribution < 1.29 is 0 Å². The van der Waals surface area contributed by atoms with Gasteiger partial charge in [-0.15, -0.1) is 11.6 Å². The Kier molecular flexibility index (Phi) is 7.47. The molecule has 3 unspecified atom stereocenters. The maximum atomic E-state index is 6.12. The molecule has 0 heterocycles. The van der Waals surface area contributed by atoms with E-state index in [1.807, 2.05) is 0 Å². The van der Waals surface area contributed by atoms with Crippen LogP contribution < -0.4 is 5.32 Å². The molecule has 0 amide bonds. The van der Waals surface area contributed by atoms with E-state index in [-0.39, 0.29) is 0 Å². The molecule has 0 aliphatic heterocycles. The molecule has 1 saturated carbocycles. The summed E-state index contributed by atoms with van der Waals surface area (Å²) in [7, 11) is 0. The topological polar surface area (TPSA) is 12.0 Å². The highest BCUT2D eigenvalue weighted by Crippen LogP contribution is 2.28. The lowest BCUT2D eigenvalue weighted by molar-refractivity contribution is 0.394. The average molecular weight is 246 g/mol. The lowest BCUT2D eigenvalue weighted by Gasteiger charge is -2.17. The molecule has 16 heavy (non-hydrogen) atoms. The third kappa shape index (κ3) is 5.54. The maximum absolute atomic E-state index is 6.12. The van der Waals surface area contributed by atoms with Gasteiger partial charge in [0.25, 0.3) is 0 Å². The van der Waals surface area contributed by atoms with E-state index in [1.165, 1.54) is 58.0 Å². The summed E-state index contributed by atoms with van der Waals surface area (Å²) >= 11 is 6.12. The third-order valence-corrected chi connectivity index (χ3v) is 4.28. The first kappa shape index (κ1) is 14.3. The van der Waals surface area contributed by atoms with Crippen molar-refractivity contribution in [3.05, 3.63) is 0 Å². The summed E-state index contributed by atoms with van der Waals surface area (Å²) in [5.74, 6) is 1.72. The van der Waals surface area contributed by atoms with Gasteiger partial charge in [-0.25, -0.2) is 0 Å². The zero-order valence-electron chi connectivity index (χ0n) is 11.0. The van der Waals surface area contributed by atoms with Crippen molar-refractivity contribution in [3.8, 4) is 0 Å². The largest absolute Gasteiger partial charge is 0.316 e. The van der Waals surface area contributed by atoms with Crippen LogP contribution in [-0.4, -0.2) is 18.5 Å². The molecule has 1 N–H and O–H groups in total.